The van der Waals surface area contributed by atoms with Crippen molar-refractivity contribution in [2.75, 3.05) is 25.6 Å². The van der Waals surface area contributed by atoms with Gasteiger partial charge in [-0.2, -0.15) is 5.26 Å². The maximum atomic E-state index is 12.0. The SMILES string of the molecule is CCOC(=O)Cc1cc(-c2ccc(N(C)C)cc2)oc(=O)c1C#N. The molecule has 0 spiro atoms. The van der Waals surface area contributed by atoms with Crippen molar-refractivity contribution in [2.24, 2.45) is 0 Å². The number of ether oxygens (including phenoxy) is 1. The molecule has 0 fully saturated rings. The molecule has 0 N–H and O–H groups in total. The van der Waals surface area contributed by atoms with Crippen molar-refractivity contribution in [1.29, 1.82) is 5.26 Å². The van der Waals surface area contributed by atoms with Gasteiger partial charge in [0.2, 0.25) is 0 Å². The smallest absolute Gasteiger partial charge is 0.354 e. The van der Waals surface area contributed by atoms with Crippen LogP contribution in [0.15, 0.2) is 39.5 Å². The van der Waals surface area contributed by atoms with Gasteiger partial charge in [-0.3, -0.25) is 4.79 Å². The molecular weight excluding hydrogens is 308 g/mol. The Morgan fingerprint density at radius 1 is 1.29 bits per heavy atom. The van der Waals surface area contributed by atoms with Crippen LogP contribution in [-0.2, 0) is 16.0 Å². The quantitative estimate of drug-likeness (QED) is 0.784. The first-order valence-electron chi connectivity index (χ1n) is 7.46. The number of esters is 1. The highest BCUT2D eigenvalue weighted by Crippen LogP contribution is 2.23. The topological polar surface area (TPSA) is 83.5 Å². The highest BCUT2D eigenvalue weighted by atomic mass is 16.5. The predicted molar refractivity (Wildman–Crippen MR) is 89.8 cm³/mol. The number of hydrogen-bond acceptors (Lipinski definition) is 6. The molecule has 0 aliphatic heterocycles. The first-order valence-corrected chi connectivity index (χ1v) is 7.46. The first kappa shape index (κ1) is 17.3. The Morgan fingerprint density at radius 2 is 1.96 bits per heavy atom. The Morgan fingerprint density at radius 3 is 2.50 bits per heavy atom. The average Bonchev–Trinajstić information content (AvgIpc) is 2.55. The largest absolute Gasteiger partial charge is 0.466 e. The van der Waals surface area contributed by atoms with E-state index in [0.717, 1.165) is 5.69 Å². The molecule has 0 saturated carbocycles. The van der Waals surface area contributed by atoms with Gasteiger partial charge in [0, 0.05) is 25.3 Å². The van der Waals surface area contributed by atoms with E-state index in [9.17, 15) is 9.59 Å². The zero-order chi connectivity index (χ0) is 17.7. The van der Waals surface area contributed by atoms with Crippen molar-refractivity contribution in [3.8, 4) is 17.4 Å². The van der Waals surface area contributed by atoms with Gasteiger partial charge in [-0.15, -0.1) is 0 Å². The van der Waals surface area contributed by atoms with Gasteiger partial charge >= 0.3 is 11.6 Å². The van der Waals surface area contributed by atoms with E-state index in [2.05, 4.69) is 0 Å². The standard InChI is InChI=1S/C18H18N2O4/c1-4-23-17(21)10-13-9-16(24-18(22)15(13)11-19)12-5-7-14(8-6-12)20(2)3/h5-9H,4,10H2,1-3H3. The Kier molecular flexibility index (Phi) is 5.38. The highest BCUT2D eigenvalue weighted by molar-refractivity contribution is 5.74. The number of nitriles is 1. The molecule has 0 aliphatic rings. The number of carbonyl (C=O) groups excluding carboxylic acids is 1. The van der Waals surface area contributed by atoms with Crippen LogP contribution in [0.2, 0.25) is 0 Å². The molecule has 0 atom stereocenters. The summed E-state index contributed by atoms with van der Waals surface area (Å²) in [6.07, 6.45) is -0.148. The van der Waals surface area contributed by atoms with E-state index in [-0.39, 0.29) is 18.6 Å². The van der Waals surface area contributed by atoms with Gasteiger partial charge in [-0.1, -0.05) is 0 Å². The zero-order valence-electron chi connectivity index (χ0n) is 13.8. The Labute approximate surface area is 139 Å². The van der Waals surface area contributed by atoms with Crippen molar-refractivity contribution in [1.82, 2.24) is 0 Å². The van der Waals surface area contributed by atoms with Crippen LogP contribution in [0.4, 0.5) is 5.69 Å². The molecule has 0 saturated heterocycles. The molecule has 0 bridgehead atoms. The molecule has 0 radical (unpaired) electrons. The average molecular weight is 326 g/mol. The monoisotopic (exact) mass is 326 g/mol. The van der Waals surface area contributed by atoms with Gasteiger partial charge in [-0.25, -0.2) is 4.79 Å². The van der Waals surface area contributed by atoms with Crippen LogP contribution in [-0.4, -0.2) is 26.7 Å². The maximum absolute atomic E-state index is 12.0. The van der Waals surface area contributed by atoms with Crippen molar-refractivity contribution in [3.05, 3.63) is 51.9 Å². The van der Waals surface area contributed by atoms with E-state index in [0.29, 0.717) is 16.9 Å². The molecule has 1 aromatic carbocycles. The van der Waals surface area contributed by atoms with E-state index < -0.39 is 11.6 Å². The lowest BCUT2D eigenvalue weighted by Crippen LogP contribution is -2.14. The molecule has 6 heteroatoms. The number of rotatable bonds is 5. The lowest BCUT2D eigenvalue weighted by molar-refractivity contribution is -0.142. The predicted octanol–water partition coefficient (Wildman–Crippen LogP) is 2.35. The van der Waals surface area contributed by atoms with Gasteiger partial charge in [0.05, 0.1) is 13.0 Å². The van der Waals surface area contributed by atoms with Crippen LogP contribution in [0.25, 0.3) is 11.3 Å². The van der Waals surface area contributed by atoms with Gasteiger partial charge in [0.1, 0.15) is 17.4 Å². The van der Waals surface area contributed by atoms with Crippen LogP contribution in [0.5, 0.6) is 0 Å². The van der Waals surface area contributed by atoms with Crippen molar-refractivity contribution in [3.63, 3.8) is 0 Å². The van der Waals surface area contributed by atoms with E-state index >= 15 is 0 Å². The molecule has 0 aliphatic carbocycles. The second-order valence-electron chi connectivity index (χ2n) is 5.33. The van der Waals surface area contributed by atoms with Gasteiger partial charge in [0.15, 0.2) is 0 Å². The molecule has 6 nitrogen and oxygen atoms in total. The summed E-state index contributed by atoms with van der Waals surface area (Å²) in [6, 6.07) is 10.7. The summed E-state index contributed by atoms with van der Waals surface area (Å²) < 4.78 is 10.1. The molecule has 124 valence electrons. The Bertz CT molecular complexity index is 830. The molecule has 0 amide bonds. The third kappa shape index (κ3) is 3.82. The van der Waals surface area contributed by atoms with E-state index in [1.165, 1.54) is 0 Å². The van der Waals surface area contributed by atoms with E-state index in [4.69, 9.17) is 14.4 Å². The molecule has 24 heavy (non-hydrogen) atoms. The molecule has 1 aromatic heterocycles. The van der Waals surface area contributed by atoms with Gasteiger partial charge in [-0.05, 0) is 42.8 Å². The molecule has 2 rings (SSSR count). The second kappa shape index (κ2) is 7.47. The molecular formula is C18H18N2O4. The van der Waals surface area contributed by atoms with Crippen LogP contribution in [0.3, 0.4) is 0 Å². The summed E-state index contributed by atoms with van der Waals surface area (Å²) in [6.45, 7) is 1.93. The number of hydrogen-bond donors (Lipinski definition) is 0. The second-order valence-corrected chi connectivity index (χ2v) is 5.33. The number of benzene rings is 1. The Hall–Kier alpha value is -3.07. The van der Waals surface area contributed by atoms with Crippen LogP contribution in [0.1, 0.15) is 18.1 Å². The van der Waals surface area contributed by atoms with Crippen molar-refractivity contribution < 1.29 is 13.9 Å². The first-order chi connectivity index (χ1) is 11.5. The summed E-state index contributed by atoms with van der Waals surface area (Å²) in [5.41, 5.74) is 1.07. The lowest BCUT2D eigenvalue weighted by atomic mass is 10.0. The number of anilines is 1. The van der Waals surface area contributed by atoms with Crippen LogP contribution < -0.4 is 10.5 Å². The minimum atomic E-state index is -0.758. The van der Waals surface area contributed by atoms with Crippen molar-refractivity contribution >= 4 is 11.7 Å². The fraction of sp³-hybridized carbons (Fsp3) is 0.278. The normalized spacial score (nSPS) is 10.1. The maximum Gasteiger partial charge on any atom is 0.354 e. The minimum absolute atomic E-state index is 0.148. The van der Waals surface area contributed by atoms with Gasteiger partial charge in [0.25, 0.3) is 0 Å². The third-order valence-electron chi connectivity index (χ3n) is 3.45. The fourth-order valence-corrected chi connectivity index (χ4v) is 2.23. The Balaban J connectivity index is 2.45. The van der Waals surface area contributed by atoms with E-state index in [1.807, 2.05) is 43.3 Å². The summed E-state index contributed by atoms with van der Waals surface area (Å²) in [5, 5.41) is 9.13. The highest BCUT2D eigenvalue weighted by Gasteiger charge is 2.16. The van der Waals surface area contributed by atoms with Gasteiger partial charge < -0.3 is 14.1 Å². The third-order valence-corrected chi connectivity index (χ3v) is 3.45. The zero-order valence-corrected chi connectivity index (χ0v) is 13.8. The molecule has 0 unspecified atom stereocenters. The fourth-order valence-electron chi connectivity index (χ4n) is 2.23. The van der Waals surface area contributed by atoms with E-state index in [1.54, 1.807) is 19.1 Å². The number of carbonyl (C=O) groups is 1. The van der Waals surface area contributed by atoms with Crippen LogP contribution in [0, 0.1) is 11.3 Å². The molecule has 2 aromatic rings. The van der Waals surface area contributed by atoms with Crippen LogP contribution >= 0.6 is 0 Å². The lowest BCUT2D eigenvalue weighted by Gasteiger charge is -2.12. The summed E-state index contributed by atoms with van der Waals surface area (Å²) in [4.78, 5) is 25.7. The van der Waals surface area contributed by atoms with Crippen molar-refractivity contribution in [2.45, 2.75) is 13.3 Å². The summed E-state index contributed by atoms with van der Waals surface area (Å²) >= 11 is 0. The summed E-state index contributed by atoms with van der Waals surface area (Å²) in [7, 11) is 3.85. The number of nitrogens with zero attached hydrogens (tertiary/aromatic N) is 2. The molecule has 1 heterocycles. The summed E-state index contributed by atoms with van der Waals surface area (Å²) in [5.74, 6) is -0.183. The minimum Gasteiger partial charge on any atom is -0.466 e.